The van der Waals surface area contributed by atoms with Gasteiger partial charge >= 0.3 is 0 Å². The Morgan fingerprint density at radius 2 is 1.95 bits per heavy atom. The van der Waals surface area contributed by atoms with Gasteiger partial charge in [-0.15, -0.1) is 0 Å². The van der Waals surface area contributed by atoms with Crippen molar-refractivity contribution in [1.82, 2.24) is 9.88 Å². The molecule has 2 atom stereocenters. The smallest absolute Gasteiger partial charge is 0.254 e. The molecule has 0 saturated carbocycles. The van der Waals surface area contributed by atoms with E-state index in [0.717, 1.165) is 5.69 Å². The van der Waals surface area contributed by atoms with E-state index >= 15 is 0 Å². The summed E-state index contributed by atoms with van der Waals surface area (Å²) in [4.78, 5) is 18.7. The number of rotatable bonds is 2. The minimum Gasteiger partial charge on any atom is -0.372 e. The first-order chi connectivity index (χ1) is 9.36. The number of nitrogens with zero attached hydrogens (tertiary/aromatic N) is 2. The zero-order chi connectivity index (χ0) is 14.9. The fourth-order valence-corrected chi connectivity index (χ4v) is 2.68. The Balaban J connectivity index is 2.24. The van der Waals surface area contributed by atoms with Crippen LogP contribution in [0.3, 0.4) is 0 Å². The first kappa shape index (κ1) is 15.3. The molecule has 2 rings (SSSR count). The van der Waals surface area contributed by atoms with Crippen molar-refractivity contribution >= 4 is 17.5 Å². The van der Waals surface area contributed by atoms with Gasteiger partial charge in [-0.05, 0) is 31.9 Å². The summed E-state index contributed by atoms with van der Waals surface area (Å²) in [5, 5.41) is 0.369. The third kappa shape index (κ3) is 3.49. The summed E-state index contributed by atoms with van der Waals surface area (Å²) < 4.78 is 5.66. The maximum atomic E-state index is 12.6. The van der Waals surface area contributed by atoms with Gasteiger partial charge in [0.05, 0.1) is 12.2 Å². The molecule has 0 unspecified atom stereocenters. The highest BCUT2D eigenvalue weighted by atomic mass is 35.5. The number of hydrogen-bond donors (Lipinski definition) is 0. The van der Waals surface area contributed by atoms with Crippen molar-refractivity contribution < 1.29 is 9.53 Å². The van der Waals surface area contributed by atoms with Crippen molar-refractivity contribution in [2.75, 3.05) is 13.1 Å². The van der Waals surface area contributed by atoms with Crippen molar-refractivity contribution in [3.05, 3.63) is 28.5 Å². The molecule has 1 aliphatic rings. The molecule has 20 heavy (non-hydrogen) atoms. The van der Waals surface area contributed by atoms with Crippen LogP contribution in [0.4, 0.5) is 0 Å². The van der Waals surface area contributed by atoms with Crippen LogP contribution < -0.4 is 0 Å². The number of aromatic nitrogens is 1. The number of halogens is 1. The minimum absolute atomic E-state index is 0.00167. The van der Waals surface area contributed by atoms with Crippen LogP contribution in [0.25, 0.3) is 0 Å². The van der Waals surface area contributed by atoms with Gasteiger partial charge in [-0.2, -0.15) is 0 Å². The SMILES string of the molecule is CC(C)c1cc(C(=O)N2C[C@@H](C)O[C@@H](C)C2)cc(Cl)n1. The molecule has 1 fully saturated rings. The van der Waals surface area contributed by atoms with E-state index in [4.69, 9.17) is 16.3 Å². The summed E-state index contributed by atoms with van der Waals surface area (Å²) in [7, 11) is 0. The molecule has 0 aromatic carbocycles. The number of pyridine rings is 1. The molecule has 0 N–H and O–H groups in total. The lowest BCUT2D eigenvalue weighted by Crippen LogP contribution is -2.48. The van der Waals surface area contributed by atoms with Gasteiger partial charge in [-0.1, -0.05) is 25.4 Å². The molecule has 2 heterocycles. The van der Waals surface area contributed by atoms with Crippen LogP contribution in [-0.4, -0.2) is 41.1 Å². The van der Waals surface area contributed by atoms with Gasteiger partial charge < -0.3 is 9.64 Å². The Bertz CT molecular complexity index is 495. The summed E-state index contributed by atoms with van der Waals surface area (Å²) in [5.41, 5.74) is 1.45. The molecule has 4 nitrogen and oxygen atoms in total. The first-order valence-corrected chi connectivity index (χ1v) is 7.37. The second-order valence-corrected chi connectivity index (χ2v) is 6.11. The molecular weight excluding hydrogens is 276 g/mol. The largest absolute Gasteiger partial charge is 0.372 e. The molecule has 0 bridgehead atoms. The van der Waals surface area contributed by atoms with Crippen molar-refractivity contribution in [1.29, 1.82) is 0 Å². The molecule has 0 radical (unpaired) electrons. The highest BCUT2D eigenvalue weighted by Crippen LogP contribution is 2.20. The normalized spacial score (nSPS) is 23.2. The number of amides is 1. The van der Waals surface area contributed by atoms with Crippen molar-refractivity contribution in [3.8, 4) is 0 Å². The van der Waals surface area contributed by atoms with E-state index in [1.807, 2.05) is 38.7 Å². The standard InChI is InChI=1S/C15H21ClN2O2/c1-9(2)13-5-12(6-14(16)17-13)15(19)18-7-10(3)20-11(4)8-18/h5-6,9-11H,7-8H2,1-4H3/t10-,11+. The molecule has 110 valence electrons. The molecule has 0 aliphatic carbocycles. The van der Waals surface area contributed by atoms with Crippen LogP contribution in [0.5, 0.6) is 0 Å². The quantitative estimate of drug-likeness (QED) is 0.788. The highest BCUT2D eigenvalue weighted by Gasteiger charge is 2.27. The van der Waals surface area contributed by atoms with Gasteiger partial charge in [-0.25, -0.2) is 4.98 Å². The Hall–Kier alpha value is -1.13. The number of carbonyl (C=O) groups excluding carboxylic acids is 1. The number of carbonyl (C=O) groups is 1. The second kappa shape index (κ2) is 6.10. The van der Waals surface area contributed by atoms with Crippen molar-refractivity contribution in [3.63, 3.8) is 0 Å². The van der Waals surface area contributed by atoms with Crippen LogP contribution in [0.15, 0.2) is 12.1 Å². The summed E-state index contributed by atoms with van der Waals surface area (Å²) >= 11 is 6.03. The van der Waals surface area contributed by atoms with Crippen LogP contribution in [0.2, 0.25) is 5.15 Å². The number of hydrogen-bond acceptors (Lipinski definition) is 3. The van der Waals surface area contributed by atoms with Gasteiger partial charge in [0, 0.05) is 24.3 Å². The lowest BCUT2D eigenvalue weighted by atomic mass is 10.1. The molecule has 1 aliphatic heterocycles. The van der Waals surface area contributed by atoms with E-state index < -0.39 is 0 Å². The zero-order valence-electron chi connectivity index (χ0n) is 12.4. The molecule has 5 heteroatoms. The third-order valence-electron chi connectivity index (χ3n) is 3.36. The van der Waals surface area contributed by atoms with Crippen LogP contribution in [0.1, 0.15) is 49.7 Å². The van der Waals surface area contributed by atoms with E-state index in [-0.39, 0.29) is 24.0 Å². The maximum Gasteiger partial charge on any atom is 0.254 e. The topological polar surface area (TPSA) is 42.4 Å². The predicted molar refractivity (Wildman–Crippen MR) is 79.2 cm³/mol. The number of morpholine rings is 1. The average molecular weight is 297 g/mol. The van der Waals surface area contributed by atoms with E-state index in [2.05, 4.69) is 4.98 Å². The summed E-state index contributed by atoms with van der Waals surface area (Å²) in [6.45, 7) is 9.25. The lowest BCUT2D eigenvalue weighted by Gasteiger charge is -2.35. The molecule has 1 aromatic rings. The Morgan fingerprint density at radius 1 is 1.35 bits per heavy atom. The summed E-state index contributed by atoms with van der Waals surface area (Å²) in [6.07, 6.45) is 0.120. The summed E-state index contributed by atoms with van der Waals surface area (Å²) in [6, 6.07) is 3.48. The highest BCUT2D eigenvalue weighted by molar-refractivity contribution is 6.29. The molecular formula is C15H21ClN2O2. The minimum atomic E-state index is -0.00167. The van der Waals surface area contributed by atoms with Gasteiger partial charge in [0.15, 0.2) is 0 Å². The Kier molecular flexibility index (Phi) is 4.66. The Labute approximate surface area is 125 Å². The maximum absolute atomic E-state index is 12.6. The first-order valence-electron chi connectivity index (χ1n) is 6.99. The van der Waals surface area contributed by atoms with E-state index in [1.165, 1.54) is 0 Å². The van der Waals surface area contributed by atoms with Crippen molar-refractivity contribution in [2.24, 2.45) is 0 Å². The average Bonchev–Trinajstić information content (AvgIpc) is 2.35. The zero-order valence-corrected chi connectivity index (χ0v) is 13.1. The fraction of sp³-hybridized carbons (Fsp3) is 0.600. The van der Waals surface area contributed by atoms with E-state index in [1.54, 1.807) is 6.07 Å². The van der Waals surface area contributed by atoms with Gasteiger partial charge in [0.2, 0.25) is 0 Å². The van der Waals surface area contributed by atoms with E-state index in [0.29, 0.717) is 23.8 Å². The van der Waals surface area contributed by atoms with Gasteiger partial charge in [0.1, 0.15) is 5.15 Å². The van der Waals surface area contributed by atoms with Gasteiger partial charge in [-0.3, -0.25) is 4.79 Å². The Morgan fingerprint density at radius 3 is 2.50 bits per heavy atom. The molecule has 1 saturated heterocycles. The molecule has 1 amide bonds. The van der Waals surface area contributed by atoms with Crippen LogP contribution in [-0.2, 0) is 4.74 Å². The summed E-state index contributed by atoms with van der Waals surface area (Å²) in [5.74, 6) is 0.237. The van der Waals surface area contributed by atoms with Crippen LogP contribution in [0, 0.1) is 0 Å². The van der Waals surface area contributed by atoms with Crippen molar-refractivity contribution in [2.45, 2.75) is 45.8 Å². The monoisotopic (exact) mass is 296 g/mol. The molecule has 0 spiro atoms. The number of ether oxygens (including phenoxy) is 1. The molecule has 1 aromatic heterocycles. The van der Waals surface area contributed by atoms with E-state index in [9.17, 15) is 4.79 Å². The predicted octanol–water partition coefficient (Wildman–Crippen LogP) is 3.11. The van der Waals surface area contributed by atoms with Crippen LogP contribution >= 0.6 is 11.6 Å². The fourth-order valence-electron chi connectivity index (χ4n) is 2.46. The second-order valence-electron chi connectivity index (χ2n) is 5.73. The lowest BCUT2D eigenvalue weighted by molar-refractivity contribution is -0.0586. The third-order valence-corrected chi connectivity index (χ3v) is 3.55. The van der Waals surface area contributed by atoms with Gasteiger partial charge in [0.25, 0.3) is 5.91 Å².